The van der Waals surface area contributed by atoms with E-state index >= 15 is 0 Å². The summed E-state index contributed by atoms with van der Waals surface area (Å²) in [5, 5.41) is 0. The molecule has 3 nitrogen and oxygen atoms in total. The number of aryl methyl sites for hydroxylation is 1. The monoisotopic (exact) mass is 227 g/mol. The SMILES string of the molecule is Cc1ccc(-c2cnc(C3CC(N)C3)[nH]2)cc1. The maximum atomic E-state index is 5.80. The van der Waals surface area contributed by atoms with Crippen molar-refractivity contribution in [1.82, 2.24) is 9.97 Å². The van der Waals surface area contributed by atoms with Gasteiger partial charge in [0.15, 0.2) is 0 Å². The Morgan fingerprint density at radius 2 is 1.94 bits per heavy atom. The van der Waals surface area contributed by atoms with Gasteiger partial charge in [0.1, 0.15) is 5.82 Å². The third kappa shape index (κ3) is 1.98. The van der Waals surface area contributed by atoms with E-state index in [2.05, 4.69) is 41.2 Å². The average Bonchev–Trinajstić information content (AvgIpc) is 2.75. The van der Waals surface area contributed by atoms with Crippen molar-refractivity contribution in [1.29, 1.82) is 0 Å². The molecule has 0 spiro atoms. The Bertz CT molecular complexity index is 507. The Morgan fingerprint density at radius 1 is 1.24 bits per heavy atom. The van der Waals surface area contributed by atoms with Gasteiger partial charge >= 0.3 is 0 Å². The van der Waals surface area contributed by atoms with Gasteiger partial charge in [-0.1, -0.05) is 29.8 Å². The van der Waals surface area contributed by atoms with E-state index in [1.807, 2.05) is 6.20 Å². The third-order valence-electron chi connectivity index (χ3n) is 3.52. The molecule has 17 heavy (non-hydrogen) atoms. The predicted molar refractivity (Wildman–Crippen MR) is 68.7 cm³/mol. The topological polar surface area (TPSA) is 54.7 Å². The average molecular weight is 227 g/mol. The van der Waals surface area contributed by atoms with Crippen molar-refractivity contribution in [2.45, 2.75) is 31.7 Å². The van der Waals surface area contributed by atoms with Gasteiger partial charge in [-0.25, -0.2) is 4.98 Å². The maximum Gasteiger partial charge on any atom is 0.109 e. The summed E-state index contributed by atoms with van der Waals surface area (Å²) >= 11 is 0. The molecule has 0 aliphatic heterocycles. The van der Waals surface area contributed by atoms with E-state index in [4.69, 9.17) is 5.73 Å². The Morgan fingerprint density at radius 3 is 2.59 bits per heavy atom. The molecule has 1 saturated carbocycles. The fraction of sp³-hybridized carbons (Fsp3) is 0.357. The van der Waals surface area contributed by atoms with Crippen LogP contribution in [0.15, 0.2) is 30.5 Å². The van der Waals surface area contributed by atoms with E-state index in [0.29, 0.717) is 12.0 Å². The predicted octanol–water partition coefficient (Wildman–Crippen LogP) is 2.59. The third-order valence-corrected chi connectivity index (χ3v) is 3.52. The summed E-state index contributed by atoms with van der Waals surface area (Å²) in [4.78, 5) is 7.87. The van der Waals surface area contributed by atoms with Crippen molar-refractivity contribution in [3.8, 4) is 11.3 Å². The van der Waals surface area contributed by atoms with Crippen LogP contribution in [0.2, 0.25) is 0 Å². The van der Waals surface area contributed by atoms with E-state index in [0.717, 1.165) is 24.4 Å². The molecule has 1 aliphatic carbocycles. The van der Waals surface area contributed by atoms with Gasteiger partial charge in [-0.05, 0) is 25.3 Å². The second-order valence-corrected chi connectivity index (χ2v) is 4.98. The van der Waals surface area contributed by atoms with Gasteiger partial charge in [-0.3, -0.25) is 0 Å². The fourth-order valence-corrected chi connectivity index (χ4v) is 2.31. The lowest BCUT2D eigenvalue weighted by molar-refractivity contribution is 0.340. The molecule has 1 fully saturated rings. The number of imidazole rings is 1. The molecule has 1 aromatic carbocycles. The van der Waals surface area contributed by atoms with Crippen LogP contribution in [0, 0.1) is 6.92 Å². The highest BCUT2D eigenvalue weighted by Gasteiger charge is 2.29. The van der Waals surface area contributed by atoms with E-state index in [1.54, 1.807) is 0 Å². The standard InChI is InChI=1S/C14H17N3/c1-9-2-4-10(5-3-9)13-8-16-14(17-13)11-6-12(15)7-11/h2-5,8,11-12H,6-7,15H2,1H3,(H,16,17). The van der Waals surface area contributed by atoms with E-state index in [-0.39, 0.29) is 0 Å². The highest BCUT2D eigenvalue weighted by molar-refractivity contribution is 5.58. The van der Waals surface area contributed by atoms with Crippen molar-refractivity contribution in [3.63, 3.8) is 0 Å². The van der Waals surface area contributed by atoms with E-state index in [9.17, 15) is 0 Å². The number of aromatic nitrogens is 2. The van der Waals surface area contributed by atoms with Crippen LogP contribution in [0.1, 0.15) is 30.1 Å². The molecular formula is C14H17N3. The van der Waals surface area contributed by atoms with Crippen molar-refractivity contribution in [2.24, 2.45) is 5.73 Å². The summed E-state index contributed by atoms with van der Waals surface area (Å²) in [6.45, 7) is 2.10. The van der Waals surface area contributed by atoms with Crippen LogP contribution in [-0.4, -0.2) is 16.0 Å². The molecular weight excluding hydrogens is 210 g/mol. The van der Waals surface area contributed by atoms with Gasteiger partial charge in [-0.2, -0.15) is 0 Å². The molecule has 1 heterocycles. The zero-order valence-electron chi connectivity index (χ0n) is 9.98. The zero-order valence-corrected chi connectivity index (χ0v) is 9.98. The molecule has 1 aliphatic rings. The van der Waals surface area contributed by atoms with Crippen LogP contribution in [-0.2, 0) is 0 Å². The molecule has 0 unspecified atom stereocenters. The number of nitrogens with two attached hydrogens (primary N) is 1. The Hall–Kier alpha value is -1.61. The Kier molecular flexibility index (Phi) is 2.48. The lowest BCUT2D eigenvalue weighted by atomic mass is 9.80. The van der Waals surface area contributed by atoms with Crippen LogP contribution in [0.4, 0.5) is 0 Å². The minimum absolute atomic E-state index is 0.368. The number of benzene rings is 1. The molecule has 0 saturated heterocycles. The maximum absolute atomic E-state index is 5.80. The second-order valence-electron chi connectivity index (χ2n) is 4.98. The first kappa shape index (κ1) is 10.5. The van der Waals surface area contributed by atoms with Crippen molar-refractivity contribution in [3.05, 3.63) is 41.9 Å². The van der Waals surface area contributed by atoms with Crippen molar-refractivity contribution < 1.29 is 0 Å². The number of nitrogens with one attached hydrogen (secondary N) is 1. The van der Waals surface area contributed by atoms with Gasteiger partial charge in [-0.15, -0.1) is 0 Å². The summed E-state index contributed by atoms with van der Waals surface area (Å²) in [5.41, 5.74) is 9.37. The quantitative estimate of drug-likeness (QED) is 0.828. The molecule has 0 amide bonds. The summed E-state index contributed by atoms with van der Waals surface area (Å²) < 4.78 is 0. The molecule has 3 rings (SSSR count). The van der Waals surface area contributed by atoms with Crippen LogP contribution in [0.5, 0.6) is 0 Å². The van der Waals surface area contributed by atoms with Gasteiger partial charge in [0.25, 0.3) is 0 Å². The van der Waals surface area contributed by atoms with Gasteiger partial charge in [0.05, 0.1) is 11.9 Å². The normalized spacial score (nSPS) is 23.4. The zero-order chi connectivity index (χ0) is 11.8. The van der Waals surface area contributed by atoms with Gasteiger partial charge in [0.2, 0.25) is 0 Å². The molecule has 1 aromatic heterocycles. The molecule has 3 N–H and O–H groups in total. The van der Waals surface area contributed by atoms with Gasteiger partial charge in [0, 0.05) is 12.0 Å². The number of rotatable bonds is 2. The van der Waals surface area contributed by atoms with E-state index in [1.165, 1.54) is 11.1 Å². The Labute approximate surface area is 101 Å². The molecule has 0 atom stereocenters. The lowest BCUT2D eigenvalue weighted by Crippen LogP contribution is -2.35. The first-order valence-electron chi connectivity index (χ1n) is 6.10. The van der Waals surface area contributed by atoms with Gasteiger partial charge < -0.3 is 10.7 Å². The molecule has 2 aromatic rings. The largest absolute Gasteiger partial charge is 0.342 e. The summed E-state index contributed by atoms with van der Waals surface area (Å²) in [7, 11) is 0. The van der Waals surface area contributed by atoms with Crippen LogP contribution in [0.25, 0.3) is 11.3 Å². The van der Waals surface area contributed by atoms with Crippen molar-refractivity contribution >= 4 is 0 Å². The van der Waals surface area contributed by atoms with Crippen LogP contribution >= 0.6 is 0 Å². The number of hydrogen-bond donors (Lipinski definition) is 2. The lowest BCUT2D eigenvalue weighted by Gasteiger charge is -2.30. The number of H-pyrrole nitrogens is 1. The highest BCUT2D eigenvalue weighted by Crippen LogP contribution is 2.34. The Balaban J connectivity index is 1.82. The second kappa shape index (κ2) is 4.00. The van der Waals surface area contributed by atoms with Crippen LogP contribution in [0.3, 0.4) is 0 Å². The number of aromatic amines is 1. The highest BCUT2D eigenvalue weighted by atomic mass is 14.9. The van der Waals surface area contributed by atoms with Crippen LogP contribution < -0.4 is 5.73 Å². The smallest absolute Gasteiger partial charge is 0.109 e. The molecule has 3 heteroatoms. The number of nitrogens with zero attached hydrogens (tertiary/aromatic N) is 1. The summed E-state index contributed by atoms with van der Waals surface area (Å²) in [5.74, 6) is 1.62. The van der Waals surface area contributed by atoms with E-state index < -0.39 is 0 Å². The minimum atomic E-state index is 0.368. The fourth-order valence-electron chi connectivity index (χ4n) is 2.31. The molecule has 0 radical (unpaired) electrons. The molecule has 0 bridgehead atoms. The minimum Gasteiger partial charge on any atom is -0.342 e. The first-order chi connectivity index (χ1) is 8.22. The first-order valence-corrected chi connectivity index (χ1v) is 6.10. The molecule has 88 valence electrons. The number of hydrogen-bond acceptors (Lipinski definition) is 2. The summed E-state index contributed by atoms with van der Waals surface area (Å²) in [6, 6.07) is 8.86. The summed E-state index contributed by atoms with van der Waals surface area (Å²) in [6.07, 6.45) is 4.03. The van der Waals surface area contributed by atoms with Crippen molar-refractivity contribution in [2.75, 3.05) is 0 Å².